The summed E-state index contributed by atoms with van der Waals surface area (Å²) in [5.41, 5.74) is -0.259. The molecule has 3 fully saturated rings. The van der Waals surface area contributed by atoms with Crippen molar-refractivity contribution in [3.63, 3.8) is 0 Å². The van der Waals surface area contributed by atoms with Gasteiger partial charge in [0, 0.05) is 5.41 Å². The molecule has 23 heavy (non-hydrogen) atoms. The molecular weight excluding hydrogens is 355 g/mol. The summed E-state index contributed by atoms with van der Waals surface area (Å²) in [6.45, 7) is 4.30. The molecule has 130 valence electrons. The Morgan fingerprint density at radius 1 is 1.30 bits per heavy atom. The molecule has 1 aliphatic heterocycles. The molecule has 0 unspecified atom stereocenters. The van der Waals surface area contributed by atoms with Crippen molar-refractivity contribution in [2.24, 2.45) is 21.7 Å². The first kappa shape index (κ1) is 17.6. The van der Waals surface area contributed by atoms with Crippen LogP contribution in [-0.2, 0) is 14.8 Å². The lowest BCUT2D eigenvalue weighted by Crippen LogP contribution is -2.45. The third-order valence-electron chi connectivity index (χ3n) is 6.35. The molecule has 0 aromatic heterocycles. The van der Waals surface area contributed by atoms with Crippen molar-refractivity contribution in [1.29, 1.82) is 0 Å². The number of fused-ring (bicyclic) bond motifs is 1. The van der Waals surface area contributed by atoms with Gasteiger partial charge in [-0.2, -0.15) is 0 Å². The highest BCUT2D eigenvalue weighted by molar-refractivity contribution is 8.38. The van der Waals surface area contributed by atoms with Crippen molar-refractivity contribution in [3.8, 4) is 0 Å². The minimum Gasteiger partial charge on any atom is -0.272 e. The van der Waals surface area contributed by atoms with Gasteiger partial charge in [0.15, 0.2) is 0 Å². The topological polar surface area (TPSA) is 66.8 Å². The standard InChI is InChI=1S/C15H24N2O3S3/c1-14(2)10-5-6-15(14)9-23(19,20)17(11(15)7-10)12(18)8-16-13(21-3)22-4/h10-11H,5-9H2,1-4H3/t10-,11-,15-/m1/s1/i8+1,12+1,16+1. The molecule has 2 bridgehead atoms. The molecule has 1 heterocycles. The first-order chi connectivity index (χ1) is 10.7. The van der Waals surface area contributed by atoms with Crippen LogP contribution >= 0.6 is 23.5 Å². The van der Waals surface area contributed by atoms with E-state index in [0.29, 0.717) is 5.92 Å². The van der Waals surface area contributed by atoms with Crippen molar-refractivity contribution < 1.29 is 13.2 Å². The van der Waals surface area contributed by atoms with Gasteiger partial charge in [0.25, 0.3) is 5.91 Å². The van der Waals surface area contributed by atoms with Gasteiger partial charge in [-0.25, -0.2) is 12.7 Å². The van der Waals surface area contributed by atoms with Crippen LogP contribution < -0.4 is 0 Å². The van der Waals surface area contributed by atoms with E-state index in [1.54, 1.807) is 0 Å². The first-order valence-electron chi connectivity index (χ1n) is 7.87. The molecule has 0 aromatic carbocycles. The summed E-state index contributed by atoms with van der Waals surface area (Å²) < 4.78 is 27.4. The van der Waals surface area contributed by atoms with Crippen LogP contribution in [0, 0.1) is 16.7 Å². The molecule has 1 saturated heterocycles. The highest BCUT2D eigenvalue weighted by Gasteiger charge is 2.72. The van der Waals surface area contributed by atoms with Gasteiger partial charge >= 0.3 is 0 Å². The zero-order valence-electron chi connectivity index (χ0n) is 14.0. The summed E-state index contributed by atoms with van der Waals surface area (Å²) in [6.07, 6.45) is 6.63. The summed E-state index contributed by atoms with van der Waals surface area (Å²) in [5.74, 6) is 0.284. The van der Waals surface area contributed by atoms with Crippen LogP contribution in [0.1, 0.15) is 33.1 Å². The summed E-state index contributed by atoms with van der Waals surface area (Å²) in [5, 5.41) is 0. The number of thioether (sulfide) groups is 2. The Morgan fingerprint density at radius 2 is 1.96 bits per heavy atom. The molecule has 2 saturated carbocycles. The number of sulfonamides is 1. The van der Waals surface area contributed by atoms with Gasteiger partial charge in [-0.05, 0) is 43.1 Å². The van der Waals surface area contributed by atoms with Gasteiger partial charge in [-0.15, -0.1) is 23.5 Å². The number of carbonyl (C=O) groups is 1. The number of rotatable bonds is 2. The fourth-order valence-corrected chi connectivity index (χ4v) is 8.63. The number of aliphatic imine (C=N–C) groups is 1. The van der Waals surface area contributed by atoms with E-state index in [2.05, 4.69) is 18.8 Å². The summed E-state index contributed by atoms with van der Waals surface area (Å²) >= 11 is 2.95. The summed E-state index contributed by atoms with van der Waals surface area (Å²) in [7, 11) is -3.52. The summed E-state index contributed by atoms with van der Waals surface area (Å²) in [6, 6.07) is -0.157. The fourth-order valence-electron chi connectivity index (χ4n) is 5.03. The van der Waals surface area contributed by atoms with Gasteiger partial charge in [-0.1, -0.05) is 13.8 Å². The molecule has 0 radical (unpaired) electrons. The molecule has 3 rings (SSSR count). The van der Waals surface area contributed by atoms with Gasteiger partial charge in [0.1, 0.15) is 10.9 Å². The van der Waals surface area contributed by atoms with E-state index in [0.717, 1.165) is 23.6 Å². The Morgan fingerprint density at radius 3 is 2.52 bits per heavy atom. The Kier molecular flexibility index (Phi) is 4.33. The second-order valence-electron chi connectivity index (χ2n) is 7.30. The van der Waals surface area contributed by atoms with E-state index in [4.69, 9.17) is 0 Å². The maximum Gasteiger partial charge on any atom is 0.258 e. The van der Waals surface area contributed by atoms with E-state index < -0.39 is 10.0 Å². The van der Waals surface area contributed by atoms with Crippen LogP contribution in [0.5, 0.6) is 0 Å². The number of carbonyl (C=O) groups excluding carboxylic acids is 1. The molecule has 0 aromatic rings. The van der Waals surface area contributed by atoms with E-state index in [9.17, 15) is 13.2 Å². The molecule has 1 spiro atoms. The maximum absolute atomic E-state index is 12.7. The largest absolute Gasteiger partial charge is 0.272 e. The Hall–Kier alpha value is -0.210. The smallest absolute Gasteiger partial charge is 0.258 e. The van der Waals surface area contributed by atoms with Crippen molar-refractivity contribution in [3.05, 3.63) is 0 Å². The maximum atomic E-state index is 12.7. The van der Waals surface area contributed by atoms with Crippen molar-refractivity contribution in [2.75, 3.05) is 24.8 Å². The minimum atomic E-state index is -3.52. The van der Waals surface area contributed by atoms with Crippen molar-refractivity contribution >= 4 is 43.8 Å². The van der Waals surface area contributed by atoms with Crippen molar-refractivity contribution in [2.45, 2.75) is 39.2 Å². The molecule has 1 amide bonds. The molecule has 8 heteroatoms. The number of nitrogens with zero attached hydrogens (tertiary/aromatic N) is 2. The highest BCUT2D eigenvalue weighted by atomic mass is 32.2. The van der Waals surface area contributed by atoms with Crippen LogP contribution in [0.4, 0.5) is 0 Å². The van der Waals surface area contributed by atoms with E-state index in [1.807, 2.05) is 12.5 Å². The van der Waals surface area contributed by atoms with E-state index in [1.165, 1.54) is 27.8 Å². The third kappa shape index (κ3) is 2.39. The van der Waals surface area contributed by atoms with E-state index >= 15 is 0 Å². The van der Waals surface area contributed by atoms with Crippen LogP contribution in [0.3, 0.4) is 0 Å². The molecule has 2 aliphatic carbocycles. The average molecular weight is 380 g/mol. The molecule has 3 aliphatic rings. The minimum absolute atomic E-state index is 0.00721. The Bertz CT molecular complexity index is 653. The predicted molar refractivity (Wildman–Crippen MR) is 97.3 cm³/mol. The van der Waals surface area contributed by atoms with Gasteiger partial charge in [0.2, 0.25) is 10.0 Å². The van der Waals surface area contributed by atoms with E-state index in [-0.39, 0.29) is 35.1 Å². The summed E-state index contributed by atoms with van der Waals surface area (Å²) in [4.78, 5) is 16.9. The Balaban J connectivity index is 1.89. The van der Waals surface area contributed by atoms with Gasteiger partial charge in [0.05, 0.1) is 11.8 Å². The molecule has 5 nitrogen and oxygen atoms in total. The van der Waals surface area contributed by atoms with Crippen LogP contribution in [-0.4, -0.2) is 53.9 Å². The van der Waals surface area contributed by atoms with Crippen LogP contribution in [0.15, 0.2) is 4.99 Å². The monoisotopic (exact) mass is 379 g/mol. The quantitative estimate of drug-likeness (QED) is 0.319. The average Bonchev–Trinajstić information content (AvgIpc) is 2.95. The zero-order chi connectivity index (χ0) is 17.0. The normalized spacial score (nSPS) is 36.1. The van der Waals surface area contributed by atoms with Gasteiger partial charge < -0.3 is 0 Å². The number of hydrogen-bond acceptors (Lipinski definition) is 6. The molecule has 3 atom stereocenters. The fraction of sp³-hybridized carbons (Fsp3) is 0.867. The Labute approximate surface area is 147 Å². The lowest BCUT2D eigenvalue weighted by molar-refractivity contribution is -0.127. The second kappa shape index (κ2) is 5.66. The SMILES string of the molecule is CSC(=[15N][13CH2][13C](=O)N1[C@@H]2C[C@H]3CC[C@]2(CS1(=O)=O)C3(C)C)SC. The first-order valence-corrected chi connectivity index (χ1v) is 11.9. The lowest BCUT2D eigenvalue weighted by Gasteiger charge is -2.37. The lowest BCUT2D eigenvalue weighted by atomic mass is 9.69. The van der Waals surface area contributed by atoms with Crippen LogP contribution in [0.25, 0.3) is 0 Å². The number of hydrogen-bond donors (Lipinski definition) is 0. The third-order valence-corrected chi connectivity index (χ3v) is 10.2. The van der Waals surface area contributed by atoms with Crippen LogP contribution in [0.2, 0.25) is 0 Å². The molecular formula is C15H24N2O3S3. The number of amides is 1. The van der Waals surface area contributed by atoms with Gasteiger partial charge in [-0.3, -0.25) is 9.79 Å². The zero-order valence-corrected chi connectivity index (χ0v) is 16.5. The predicted octanol–water partition coefficient (Wildman–Crippen LogP) is 2.44. The second-order valence-corrected chi connectivity index (χ2v) is 11.0. The van der Waals surface area contributed by atoms with Crippen molar-refractivity contribution in [1.82, 2.24) is 4.31 Å². The molecule has 0 N–H and O–H groups in total. The highest BCUT2D eigenvalue weighted by Crippen LogP contribution is 2.69.